The van der Waals surface area contributed by atoms with Crippen LogP contribution >= 0.6 is 0 Å². The lowest BCUT2D eigenvalue weighted by Gasteiger charge is -2.45. The second-order valence-corrected chi connectivity index (χ2v) is 6.41. The lowest BCUT2D eigenvalue weighted by Crippen LogP contribution is -2.58. The van der Waals surface area contributed by atoms with Crippen molar-refractivity contribution in [3.63, 3.8) is 0 Å². The van der Waals surface area contributed by atoms with Crippen LogP contribution in [0.15, 0.2) is 12.3 Å². The smallest absolute Gasteiger partial charge is 0.0777 e. The molecule has 2 atom stereocenters. The van der Waals surface area contributed by atoms with Crippen molar-refractivity contribution in [3.05, 3.63) is 18.0 Å². The summed E-state index contributed by atoms with van der Waals surface area (Å²) >= 11 is 0. The van der Waals surface area contributed by atoms with E-state index in [9.17, 15) is 5.11 Å². The number of morpholine rings is 1. The Morgan fingerprint density at radius 3 is 2.57 bits per heavy atom. The van der Waals surface area contributed by atoms with Crippen molar-refractivity contribution in [1.82, 2.24) is 14.7 Å². The lowest BCUT2D eigenvalue weighted by molar-refractivity contribution is -0.0717. The summed E-state index contributed by atoms with van der Waals surface area (Å²) in [7, 11) is 0. The van der Waals surface area contributed by atoms with Crippen molar-refractivity contribution < 1.29 is 9.84 Å². The molecular weight excluding hydrogens is 266 g/mol. The molecule has 1 aromatic heterocycles. The first kappa shape index (κ1) is 16.5. The van der Waals surface area contributed by atoms with E-state index in [0.717, 1.165) is 38.4 Å². The molecule has 1 saturated heterocycles. The van der Waals surface area contributed by atoms with Crippen molar-refractivity contribution >= 4 is 0 Å². The fourth-order valence-electron chi connectivity index (χ4n) is 2.94. The van der Waals surface area contributed by atoms with E-state index in [4.69, 9.17) is 4.74 Å². The van der Waals surface area contributed by atoms with E-state index < -0.39 is 6.10 Å². The summed E-state index contributed by atoms with van der Waals surface area (Å²) in [4.78, 5) is 2.36. The molecule has 2 heterocycles. The second kappa shape index (κ2) is 6.90. The first-order chi connectivity index (χ1) is 9.97. The van der Waals surface area contributed by atoms with Crippen LogP contribution in [0.5, 0.6) is 0 Å². The van der Waals surface area contributed by atoms with Crippen molar-refractivity contribution in [1.29, 1.82) is 0 Å². The summed E-state index contributed by atoms with van der Waals surface area (Å²) in [5.74, 6) is 0. The van der Waals surface area contributed by atoms with Crippen molar-refractivity contribution in [2.75, 3.05) is 26.3 Å². The number of nitrogens with zero attached hydrogens (tertiary/aromatic N) is 3. The highest BCUT2D eigenvalue weighted by molar-refractivity contribution is 5.05. The molecule has 0 bridgehead atoms. The summed E-state index contributed by atoms with van der Waals surface area (Å²) in [5.41, 5.74) is 0.745. The second-order valence-electron chi connectivity index (χ2n) is 6.41. The predicted molar refractivity (Wildman–Crippen MR) is 83.4 cm³/mol. The number of rotatable bonds is 6. The van der Waals surface area contributed by atoms with Crippen LogP contribution in [0.4, 0.5) is 0 Å². The Hall–Kier alpha value is -0.910. The van der Waals surface area contributed by atoms with E-state index in [2.05, 4.69) is 37.7 Å². The normalized spacial score (nSPS) is 21.4. The number of aliphatic hydroxyl groups excluding tert-OH is 1. The van der Waals surface area contributed by atoms with Gasteiger partial charge >= 0.3 is 0 Å². The molecule has 0 saturated carbocycles. The number of aromatic nitrogens is 2. The molecule has 120 valence electrons. The minimum absolute atomic E-state index is 0.217. The average Bonchev–Trinajstić information content (AvgIpc) is 2.96. The van der Waals surface area contributed by atoms with Crippen LogP contribution in [0, 0.1) is 0 Å². The summed E-state index contributed by atoms with van der Waals surface area (Å²) in [6.45, 7) is 11.8. The molecule has 2 unspecified atom stereocenters. The molecule has 1 aromatic rings. The van der Waals surface area contributed by atoms with Gasteiger partial charge < -0.3 is 9.84 Å². The van der Waals surface area contributed by atoms with Gasteiger partial charge in [0.15, 0.2) is 0 Å². The minimum atomic E-state index is -0.420. The molecule has 1 N–H and O–H groups in total. The molecule has 0 amide bonds. The van der Waals surface area contributed by atoms with Crippen molar-refractivity contribution in [2.45, 2.75) is 58.2 Å². The number of hydrogen-bond acceptors (Lipinski definition) is 4. The Kier molecular flexibility index (Phi) is 5.41. The third-order valence-electron chi connectivity index (χ3n) is 4.76. The van der Waals surface area contributed by atoms with Gasteiger partial charge in [0.05, 0.1) is 25.0 Å². The van der Waals surface area contributed by atoms with Crippen LogP contribution in [-0.2, 0) is 11.2 Å². The molecule has 1 aliphatic heterocycles. The molecular formula is C16H29N3O2. The van der Waals surface area contributed by atoms with Gasteiger partial charge in [0.25, 0.3) is 0 Å². The highest BCUT2D eigenvalue weighted by atomic mass is 16.5. The summed E-state index contributed by atoms with van der Waals surface area (Å²) in [5, 5.41) is 15.3. The number of ether oxygens (including phenoxy) is 1. The molecule has 1 fully saturated rings. The third kappa shape index (κ3) is 3.65. The van der Waals surface area contributed by atoms with Crippen LogP contribution in [0.3, 0.4) is 0 Å². The Balaban J connectivity index is 2.05. The summed E-state index contributed by atoms with van der Waals surface area (Å²) in [6, 6.07) is 2.37. The van der Waals surface area contributed by atoms with Crippen molar-refractivity contribution in [2.24, 2.45) is 0 Å². The Labute approximate surface area is 127 Å². The van der Waals surface area contributed by atoms with Gasteiger partial charge in [-0.1, -0.05) is 6.92 Å². The van der Waals surface area contributed by atoms with Gasteiger partial charge in [-0.25, -0.2) is 0 Å². The Morgan fingerprint density at radius 1 is 1.38 bits per heavy atom. The quantitative estimate of drug-likeness (QED) is 0.870. The van der Waals surface area contributed by atoms with E-state index >= 15 is 0 Å². The summed E-state index contributed by atoms with van der Waals surface area (Å²) in [6.07, 6.45) is 3.08. The molecule has 0 aliphatic carbocycles. The van der Waals surface area contributed by atoms with Gasteiger partial charge in [-0.15, -0.1) is 0 Å². The average molecular weight is 295 g/mol. The van der Waals surface area contributed by atoms with Crippen LogP contribution in [0.1, 0.15) is 45.9 Å². The SMILES string of the molecule is CCC(C)(C(O)Cc1ccn(C(C)C)n1)N1CCOCC1. The van der Waals surface area contributed by atoms with Crippen LogP contribution < -0.4 is 0 Å². The van der Waals surface area contributed by atoms with Gasteiger partial charge in [-0.05, 0) is 33.3 Å². The minimum Gasteiger partial charge on any atom is -0.391 e. The van der Waals surface area contributed by atoms with E-state index in [1.807, 2.05) is 16.9 Å². The van der Waals surface area contributed by atoms with Crippen LogP contribution in [0.2, 0.25) is 0 Å². The zero-order valence-corrected chi connectivity index (χ0v) is 13.7. The van der Waals surface area contributed by atoms with Gasteiger partial charge in [0.2, 0.25) is 0 Å². The Morgan fingerprint density at radius 2 is 2.05 bits per heavy atom. The van der Waals surface area contributed by atoms with E-state index in [1.165, 1.54) is 0 Å². The fraction of sp³-hybridized carbons (Fsp3) is 0.812. The zero-order chi connectivity index (χ0) is 15.5. The van der Waals surface area contributed by atoms with Gasteiger partial charge in [0, 0.05) is 37.3 Å². The molecule has 0 radical (unpaired) electrons. The van der Waals surface area contributed by atoms with Crippen LogP contribution in [-0.4, -0.2) is 57.7 Å². The lowest BCUT2D eigenvalue weighted by atomic mass is 9.86. The van der Waals surface area contributed by atoms with E-state index in [1.54, 1.807) is 0 Å². The largest absolute Gasteiger partial charge is 0.391 e. The maximum atomic E-state index is 10.8. The predicted octanol–water partition coefficient (Wildman–Crippen LogP) is 1.87. The molecule has 2 rings (SSSR count). The van der Waals surface area contributed by atoms with Crippen LogP contribution in [0.25, 0.3) is 0 Å². The Bertz CT molecular complexity index is 440. The summed E-state index contributed by atoms with van der Waals surface area (Å²) < 4.78 is 7.37. The van der Waals surface area contributed by atoms with Gasteiger partial charge in [0.1, 0.15) is 0 Å². The highest BCUT2D eigenvalue weighted by Gasteiger charge is 2.38. The fourth-order valence-corrected chi connectivity index (χ4v) is 2.94. The number of hydrogen-bond donors (Lipinski definition) is 1. The number of aliphatic hydroxyl groups is 1. The standard InChI is InChI=1S/C16H29N3O2/c1-5-16(4,18-8-10-21-11-9-18)15(20)12-14-6-7-19(17-14)13(2)3/h6-7,13,15,20H,5,8-12H2,1-4H3. The van der Waals surface area contributed by atoms with E-state index in [-0.39, 0.29) is 5.54 Å². The molecule has 1 aliphatic rings. The molecule has 5 nitrogen and oxygen atoms in total. The van der Waals surface area contributed by atoms with Gasteiger partial charge in [-0.3, -0.25) is 9.58 Å². The first-order valence-corrected chi connectivity index (χ1v) is 8.02. The topological polar surface area (TPSA) is 50.5 Å². The maximum absolute atomic E-state index is 10.8. The monoisotopic (exact) mass is 295 g/mol. The third-order valence-corrected chi connectivity index (χ3v) is 4.76. The zero-order valence-electron chi connectivity index (χ0n) is 13.7. The maximum Gasteiger partial charge on any atom is 0.0777 e. The van der Waals surface area contributed by atoms with Crippen molar-refractivity contribution in [3.8, 4) is 0 Å². The van der Waals surface area contributed by atoms with Gasteiger partial charge in [-0.2, -0.15) is 5.10 Å². The molecule has 21 heavy (non-hydrogen) atoms. The highest BCUT2D eigenvalue weighted by Crippen LogP contribution is 2.27. The molecule has 0 spiro atoms. The molecule has 0 aromatic carbocycles. The molecule has 5 heteroatoms. The van der Waals surface area contributed by atoms with E-state index in [0.29, 0.717) is 12.5 Å². The first-order valence-electron chi connectivity index (χ1n) is 8.02.